The average Bonchev–Trinajstić information content (AvgIpc) is 2.82. The number of aliphatic carboxylic acids is 1. The molecule has 2 amide bonds. The van der Waals surface area contributed by atoms with Gasteiger partial charge in [0.05, 0.1) is 7.11 Å². The van der Waals surface area contributed by atoms with E-state index in [0.717, 1.165) is 35.9 Å². The third kappa shape index (κ3) is 8.95. The Balaban J connectivity index is 1.81. The Hall–Kier alpha value is -2.75. The van der Waals surface area contributed by atoms with Crippen LogP contribution < -0.4 is 10.1 Å². The van der Waals surface area contributed by atoms with Gasteiger partial charge in [0, 0.05) is 31.7 Å². The highest BCUT2D eigenvalue weighted by Crippen LogP contribution is 2.24. The molecule has 0 radical (unpaired) electrons. The summed E-state index contributed by atoms with van der Waals surface area (Å²) in [5.74, 6) is -0.718. The number of methoxy groups -OCH3 is 1. The maximum absolute atomic E-state index is 13.1. The fourth-order valence-electron chi connectivity index (χ4n) is 3.64. The summed E-state index contributed by atoms with van der Waals surface area (Å²) in [6.07, 6.45) is 2.35. The predicted octanol–water partition coefficient (Wildman–Crippen LogP) is 3.06. The summed E-state index contributed by atoms with van der Waals surface area (Å²) in [6, 6.07) is 6.36. The number of thioether (sulfide) groups is 1. The van der Waals surface area contributed by atoms with Gasteiger partial charge in [0.2, 0.25) is 5.91 Å². The summed E-state index contributed by atoms with van der Waals surface area (Å²) in [4.78, 5) is 49.5. The molecule has 2 rings (SSSR count). The Kier molecular flexibility index (Phi) is 11.0. The minimum absolute atomic E-state index is 0.0959. The standard InChI is InChI=1S/C23H32N2O7S/c1-16(26)33-15-18(21(27)25-13-4-3-7-20(25)22(28)29)6-5-12-24-23(30)32-14-17-8-10-19(31-2)11-9-17/h8-11,18,20H,3-7,12-15H2,1-2H3,(H,24,30)(H,28,29). The second kappa shape index (κ2) is 13.7. The van der Waals surface area contributed by atoms with Crippen LogP contribution in [-0.2, 0) is 25.7 Å². The summed E-state index contributed by atoms with van der Waals surface area (Å²) in [5.41, 5.74) is 0.826. The van der Waals surface area contributed by atoms with Crippen LogP contribution in [0.2, 0.25) is 0 Å². The largest absolute Gasteiger partial charge is 0.497 e. The number of rotatable bonds is 11. The van der Waals surface area contributed by atoms with Crippen molar-refractivity contribution >= 4 is 34.8 Å². The monoisotopic (exact) mass is 480 g/mol. The quantitative estimate of drug-likeness (QED) is 0.464. The molecular weight excluding hydrogens is 448 g/mol. The van der Waals surface area contributed by atoms with Crippen molar-refractivity contribution in [3.63, 3.8) is 0 Å². The molecule has 1 fully saturated rings. The zero-order chi connectivity index (χ0) is 24.2. The van der Waals surface area contributed by atoms with E-state index in [0.29, 0.717) is 38.1 Å². The van der Waals surface area contributed by atoms with Crippen molar-refractivity contribution in [2.45, 2.75) is 51.7 Å². The molecule has 1 saturated heterocycles. The second-order valence-corrected chi connectivity index (χ2v) is 9.07. The van der Waals surface area contributed by atoms with E-state index < -0.39 is 24.0 Å². The van der Waals surface area contributed by atoms with Crippen LogP contribution in [0.25, 0.3) is 0 Å². The number of likely N-dealkylation sites (tertiary alicyclic amines) is 1. The predicted molar refractivity (Wildman–Crippen MR) is 124 cm³/mol. The number of carboxylic acid groups (broad SMARTS) is 1. The van der Waals surface area contributed by atoms with Gasteiger partial charge in [0.15, 0.2) is 5.12 Å². The summed E-state index contributed by atoms with van der Waals surface area (Å²) in [5, 5.41) is 12.0. The van der Waals surface area contributed by atoms with Crippen molar-refractivity contribution in [3.05, 3.63) is 29.8 Å². The lowest BCUT2D eigenvalue weighted by Gasteiger charge is -2.35. The van der Waals surface area contributed by atoms with Gasteiger partial charge in [-0.1, -0.05) is 23.9 Å². The van der Waals surface area contributed by atoms with E-state index in [-0.39, 0.29) is 17.6 Å². The van der Waals surface area contributed by atoms with Crippen molar-refractivity contribution in [3.8, 4) is 5.75 Å². The van der Waals surface area contributed by atoms with Crippen molar-refractivity contribution in [2.24, 2.45) is 5.92 Å². The molecule has 1 aliphatic heterocycles. The number of alkyl carbamates (subject to hydrolysis) is 1. The van der Waals surface area contributed by atoms with Gasteiger partial charge in [-0.2, -0.15) is 0 Å². The first-order valence-corrected chi connectivity index (χ1v) is 12.0. The number of carboxylic acids is 1. The van der Waals surface area contributed by atoms with Crippen molar-refractivity contribution < 1.29 is 33.8 Å². The van der Waals surface area contributed by atoms with Crippen molar-refractivity contribution in [2.75, 3.05) is 26.0 Å². The third-order valence-electron chi connectivity index (χ3n) is 5.44. The lowest BCUT2D eigenvalue weighted by Crippen LogP contribution is -2.50. The SMILES string of the molecule is COc1ccc(COC(=O)NCCCC(CSC(C)=O)C(=O)N2CCCCC2C(=O)O)cc1. The van der Waals surface area contributed by atoms with E-state index in [2.05, 4.69) is 5.32 Å². The molecule has 2 atom stereocenters. The van der Waals surface area contributed by atoms with Gasteiger partial charge >= 0.3 is 12.1 Å². The Morgan fingerprint density at radius 2 is 1.94 bits per heavy atom. The molecule has 0 saturated carbocycles. The van der Waals surface area contributed by atoms with Crippen LogP contribution in [0.1, 0.15) is 44.6 Å². The zero-order valence-electron chi connectivity index (χ0n) is 19.1. The van der Waals surface area contributed by atoms with Gasteiger partial charge in [-0.25, -0.2) is 9.59 Å². The number of piperidine rings is 1. The number of amides is 2. The van der Waals surface area contributed by atoms with Crippen LogP contribution in [0.3, 0.4) is 0 Å². The highest BCUT2D eigenvalue weighted by atomic mass is 32.2. The van der Waals surface area contributed by atoms with Gasteiger partial charge in [0.25, 0.3) is 0 Å². The molecule has 2 N–H and O–H groups in total. The summed E-state index contributed by atoms with van der Waals surface area (Å²) in [7, 11) is 1.58. The average molecular weight is 481 g/mol. The van der Waals surface area contributed by atoms with Crippen molar-refractivity contribution in [1.82, 2.24) is 10.2 Å². The smallest absolute Gasteiger partial charge is 0.407 e. The number of benzene rings is 1. The minimum atomic E-state index is -0.998. The van der Waals surface area contributed by atoms with E-state index >= 15 is 0 Å². The topological polar surface area (TPSA) is 122 Å². The van der Waals surface area contributed by atoms with Crippen LogP contribution in [-0.4, -0.2) is 65.1 Å². The Bertz CT molecular complexity index is 816. The maximum Gasteiger partial charge on any atom is 0.407 e. The highest BCUT2D eigenvalue weighted by Gasteiger charge is 2.35. The molecule has 0 spiro atoms. The van der Waals surface area contributed by atoms with Crippen LogP contribution in [0.15, 0.2) is 24.3 Å². The van der Waals surface area contributed by atoms with Crippen LogP contribution in [0.5, 0.6) is 5.75 Å². The lowest BCUT2D eigenvalue weighted by atomic mass is 9.97. The Morgan fingerprint density at radius 3 is 2.58 bits per heavy atom. The number of hydrogen-bond donors (Lipinski definition) is 2. The van der Waals surface area contributed by atoms with Crippen LogP contribution in [0.4, 0.5) is 4.79 Å². The number of carbonyl (C=O) groups excluding carboxylic acids is 3. The van der Waals surface area contributed by atoms with E-state index in [1.54, 1.807) is 31.4 Å². The first-order chi connectivity index (χ1) is 15.8. The van der Waals surface area contributed by atoms with E-state index in [9.17, 15) is 24.3 Å². The lowest BCUT2D eigenvalue weighted by molar-refractivity contribution is -0.153. The molecule has 0 bridgehead atoms. The number of nitrogens with one attached hydrogen (secondary N) is 1. The van der Waals surface area contributed by atoms with E-state index in [1.807, 2.05) is 0 Å². The van der Waals surface area contributed by atoms with Gasteiger partial charge in [-0.3, -0.25) is 9.59 Å². The molecule has 1 heterocycles. The maximum atomic E-state index is 13.1. The second-order valence-electron chi connectivity index (χ2n) is 7.87. The van der Waals surface area contributed by atoms with Gasteiger partial charge in [-0.15, -0.1) is 0 Å². The normalized spacial score (nSPS) is 16.5. The summed E-state index contributed by atoms with van der Waals surface area (Å²) >= 11 is 1.06. The summed E-state index contributed by atoms with van der Waals surface area (Å²) < 4.78 is 10.3. The Labute approximate surface area is 198 Å². The van der Waals surface area contributed by atoms with Gasteiger partial charge in [-0.05, 0) is 49.8 Å². The third-order valence-corrected chi connectivity index (χ3v) is 6.41. The molecule has 9 nitrogen and oxygen atoms in total. The number of carbonyl (C=O) groups is 4. The zero-order valence-corrected chi connectivity index (χ0v) is 19.9. The molecule has 1 aromatic carbocycles. The molecular formula is C23H32N2O7S. The fraction of sp³-hybridized carbons (Fsp3) is 0.565. The highest BCUT2D eigenvalue weighted by molar-refractivity contribution is 8.13. The number of nitrogens with zero attached hydrogens (tertiary/aromatic N) is 1. The van der Waals surface area contributed by atoms with E-state index in [1.165, 1.54) is 11.8 Å². The molecule has 182 valence electrons. The fourth-order valence-corrected chi connectivity index (χ4v) is 4.39. The molecule has 33 heavy (non-hydrogen) atoms. The molecule has 10 heteroatoms. The van der Waals surface area contributed by atoms with E-state index in [4.69, 9.17) is 9.47 Å². The first kappa shape index (κ1) is 26.5. The molecule has 0 aromatic heterocycles. The van der Waals surface area contributed by atoms with Crippen molar-refractivity contribution in [1.29, 1.82) is 0 Å². The molecule has 1 aromatic rings. The van der Waals surface area contributed by atoms with Crippen LogP contribution >= 0.6 is 11.8 Å². The van der Waals surface area contributed by atoms with Gasteiger partial charge < -0.3 is 24.8 Å². The first-order valence-electron chi connectivity index (χ1n) is 11.0. The minimum Gasteiger partial charge on any atom is -0.497 e. The Morgan fingerprint density at radius 1 is 1.21 bits per heavy atom. The molecule has 1 aliphatic rings. The molecule has 0 aliphatic carbocycles. The van der Waals surface area contributed by atoms with Crippen LogP contribution in [0, 0.1) is 5.92 Å². The van der Waals surface area contributed by atoms with Gasteiger partial charge in [0.1, 0.15) is 18.4 Å². The summed E-state index contributed by atoms with van der Waals surface area (Å²) in [6.45, 7) is 2.27. The number of ether oxygens (including phenoxy) is 2. The number of hydrogen-bond acceptors (Lipinski definition) is 7. The molecule has 2 unspecified atom stereocenters.